The van der Waals surface area contributed by atoms with Crippen LogP contribution in [0, 0.1) is 23.3 Å². The molecule has 2 amide bonds. The van der Waals surface area contributed by atoms with Gasteiger partial charge in [0.1, 0.15) is 6.61 Å². The largest absolute Gasteiger partial charge is 0.479 e. The van der Waals surface area contributed by atoms with Crippen molar-refractivity contribution in [3.63, 3.8) is 0 Å². The van der Waals surface area contributed by atoms with Crippen LogP contribution in [0.2, 0.25) is 5.02 Å². The van der Waals surface area contributed by atoms with E-state index in [2.05, 4.69) is 10.1 Å². The molecule has 0 aliphatic carbocycles. The number of ether oxygens (including phenoxy) is 1. The first-order valence-electron chi connectivity index (χ1n) is 10.2. The molecule has 0 aromatic heterocycles. The number of carbonyl (C=O) groups excluding carboxylic acids is 3. The van der Waals surface area contributed by atoms with Gasteiger partial charge in [0.2, 0.25) is 33.5 Å². The van der Waals surface area contributed by atoms with Crippen molar-refractivity contribution in [2.75, 3.05) is 39.3 Å². The average molecular weight is 552 g/mol. The van der Waals surface area contributed by atoms with Crippen LogP contribution < -0.4 is 10.1 Å². The minimum atomic E-state index is -3.96. The maximum atomic E-state index is 13.5. The fourth-order valence-corrected chi connectivity index (χ4v) is 4.63. The van der Waals surface area contributed by atoms with Gasteiger partial charge in [-0.3, -0.25) is 14.4 Å². The van der Waals surface area contributed by atoms with Crippen molar-refractivity contribution in [1.29, 1.82) is 0 Å². The number of nitrogens with zero attached hydrogens (tertiary/aromatic N) is 2. The van der Waals surface area contributed by atoms with E-state index < -0.39 is 82.9 Å². The lowest BCUT2D eigenvalue weighted by Crippen LogP contribution is -2.54. The van der Waals surface area contributed by atoms with Crippen molar-refractivity contribution in [2.45, 2.75) is 4.90 Å². The zero-order valence-corrected chi connectivity index (χ0v) is 19.8. The van der Waals surface area contributed by atoms with Crippen molar-refractivity contribution in [3.05, 3.63) is 58.6 Å². The van der Waals surface area contributed by atoms with Crippen molar-refractivity contribution in [2.24, 2.45) is 0 Å². The third-order valence-corrected chi connectivity index (χ3v) is 7.11. The lowest BCUT2D eigenvalue weighted by Gasteiger charge is -2.33. The Hall–Kier alpha value is -3.23. The Kier molecular flexibility index (Phi) is 8.53. The lowest BCUT2D eigenvalue weighted by atomic mass is 10.3. The number of halogens is 5. The van der Waals surface area contributed by atoms with Gasteiger partial charge in [0.15, 0.2) is 23.2 Å². The first kappa shape index (κ1) is 27.4. The monoisotopic (exact) mass is 551 g/mol. The number of sulfonamides is 1. The summed E-state index contributed by atoms with van der Waals surface area (Å²) >= 11 is 5.76. The van der Waals surface area contributed by atoms with E-state index in [1.807, 2.05) is 0 Å². The standard InChI is InChI=1S/C21H18ClF4N3O6S/c22-12-1-3-14(4-2-12)36(33,34)29-6-5-28(18(32)10-29)9-17(31)27-8-13(30)11-35-21-19(25)15(23)7-16(24)20(21)26/h1-4,7H,5-6,8-11H2,(H,27,31). The van der Waals surface area contributed by atoms with Gasteiger partial charge in [-0.1, -0.05) is 11.6 Å². The Morgan fingerprint density at radius 1 is 1.03 bits per heavy atom. The maximum absolute atomic E-state index is 13.5. The third kappa shape index (κ3) is 6.30. The highest BCUT2D eigenvalue weighted by molar-refractivity contribution is 7.89. The number of hydrogen-bond donors (Lipinski definition) is 1. The maximum Gasteiger partial charge on any atom is 0.243 e. The lowest BCUT2D eigenvalue weighted by molar-refractivity contribution is -0.138. The Morgan fingerprint density at radius 2 is 1.64 bits per heavy atom. The average Bonchev–Trinajstić information content (AvgIpc) is 2.83. The molecular formula is C21H18ClF4N3O6S. The molecule has 1 N–H and O–H groups in total. The fraction of sp³-hybridized carbons (Fsp3) is 0.286. The number of hydrogen-bond acceptors (Lipinski definition) is 6. The summed E-state index contributed by atoms with van der Waals surface area (Å²) in [5.41, 5.74) is 0. The topological polar surface area (TPSA) is 113 Å². The first-order valence-corrected chi connectivity index (χ1v) is 12.0. The summed E-state index contributed by atoms with van der Waals surface area (Å²) in [5.74, 6) is -10.8. The molecule has 1 saturated heterocycles. The minimum absolute atomic E-state index is 0.0201. The van der Waals surface area contributed by atoms with Crippen molar-refractivity contribution in [3.8, 4) is 5.75 Å². The molecular weight excluding hydrogens is 534 g/mol. The van der Waals surface area contributed by atoms with Crippen LogP contribution in [0.25, 0.3) is 0 Å². The fourth-order valence-electron chi connectivity index (χ4n) is 3.12. The van der Waals surface area contributed by atoms with Crippen LogP contribution in [0.5, 0.6) is 5.75 Å². The van der Waals surface area contributed by atoms with E-state index in [0.29, 0.717) is 5.02 Å². The van der Waals surface area contributed by atoms with Gasteiger partial charge in [-0.15, -0.1) is 0 Å². The number of Topliss-reactive ketones (excluding diaryl/α,β-unsaturated/α-hetero) is 1. The highest BCUT2D eigenvalue weighted by Crippen LogP contribution is 2.26. The van der Waals surface area contributed by atoms with E-state index in [4.69, 9.17) is 11.6 Å². The second kappa shape index (κ2) is 11.2. The van der Waals surface area contributed by atoms with Crippen LogP contribution in [-0.4, -0.2) is 74.6 Å². The summed E-state index contributed by atoms with van der Waals surface area (Å²) in [6, 6.07) is 5.37. The second-order valence-corrected chi connectivity index (χ2v) is 9.88. The molecule has 1 aliphatic heterocycles. The molecule has 9 nitrogen and oxygen atoms in total. The van der Waals surface area contributed by atoms with Crippen molar-refractivity contribution < 1.29 is 45.1 Å². The molecule has 0 bridgehead atoms. The normalized spacial score (nSPS) is 14.6. The molecule has 0 atom stereocenters. The third-order valence-electron chi connectivity index (χ3n) is 5.00. The number of piperazine rings is 1. The number of rotatable bonds is 9. The van der Waals surface area contributed by atoms with Gasteiger partial charge in [-0.25, -0.2) is 17.2 Å². The number of nitrogens with one attached hydrogen (secondary N) is 1. The van der Waals surface area contributed by atoms with Crippen LogP contribution in [0.4, 0.5) is 17.6 Å². The number of benzene rings is 2. The zero-order valence-electron chi connectivity index (χ0n) is 18.3. The molecule has 194 valence electrons. The SMILES string of the molecule is O=C(CNC(=O)CN1CCN(S(=O)(=O)c2ccc(Cl)cc2)CC1=O)COc1c(F)c(F)cc(F)c1F. The Balaban J connectivity index is 1.47. The van der Waals surface area contributed by atoms with Gasteiger partial charge in [0.05, 0.1) is 24.5 Å². The van der Waals surface area contributed by atoms with Gasteiger partial charge in [0.25, 0.3) is 0 Å². The number of carbonyl (C=O) groups is 3. The van der Waals surface area contributed by atoms with Crippen LogP contribution in [0.1, 0.15) is 0 Å². The summed E-state index contributed by atoms with van der Waals surface area (Å²) in [5, 5.41) is 2.51. The van der Waals surface area contributed by atoms with Crippen LogP contribution in [0.15, 0.2) is 35.2 Å². The quantitative estimate of drug-likeness (QED) is 0.373. The van der Waals surface area contributed by atoms with E-state index >= 15 is 0 Å². The minimum Gasteiger partial charge on any atom is -0.479 e. The van der Waals surface area contributed by atoms with Gasteiger partial charge >= 0.3 is 0 Å². The molecule has 0 spiro atoms. The Bertz CT molecular complexity index is 1270. The zero-order chi connectivity index (χ0) is 26.6. The molecule has 1 fully saturated rings. The number of ketones is 1. The molecule has 0 radical (unpaired) electrons. The van der Waals surface area contributed by atoms with Crippen LogP contribution in [0.3, 0.4) is 0 Å². The summed E-state index contributed by atoms with van der Waals surface area (Å²) in [7, 11) is -3.96. The number of amides is 2. The van der Waals surface area contributed by atoms with Crippen molar-refractivity contribution in [1.82, 2.24) is 14.5 Å². The highest BCUT2D eigenvalue weighted by Gasteiger charge is 2.33. The van der Waals surface area contributed by atoms with Gasteiger partial charge in [-0.05, 0) is 24.3 Å². The molecule has 2 aromatic rings. The smallest absolute Gasteiger partial charge is 0.243 e. The molecule has 36 heavy (non-hydrogen) atoms. The summed E-state index contributed by atoms with van der Waals surface area (Å²) in [6.07, 6.45) is 0. The molecule has 15 heteroatoms. The molecule has 0 saturated carbocycles. The van der Waals surface area contributed by atoms with E-state index in [1.54, 1.807) is 0 Å². The highest BCUT2D eigenvalue weighted by atomic mass is 35.5. The molecule has 0 unspecified atom stereocenters. The summed E-state index contributed by atoms with van der Waals surface area (Å²) in [6.45, 7) is -2.85. The summed E-state index contributed by atoms with van der Waals surface area (Å²) in [4.78, 5) is 37.4. The van der Waals surface area contributed by atoms with E-state index in [1.165, 1.54) is 24.3 Å². The molecule has 3 rings (SSSR count). The predicted molar refractivity (Wildman–Crippen MR) is 117 cm³/mol. The summed E-state index contributed by atoms with van der Waals surface area (Å²) < 4.78 is 84.3. The van der Waals surface area contributed by atoms with Crippen LogP contribution in [-0.2, 0) is 24.4 Å². The second-order valence-electron chi connectivity index (χ2n) is 7.51. The molecule has 1 heterocycles. The Labute approximate surface area is 207 Å². The molecule has 2 aromatic carbocycles. The van der Waals surface area contributed by atoms with Gasteiger partial charge < -0.3 is 15.0 Å². The predicted octanol–water partition coefficient (Wildman–Crippen LogP) is 1.49. The van der Waals surface area contributed by atoms with Crippen LogP contribution >= 0.6 is 11.6 Å². The van der Waals surface area contributed by atoms with Crippen molar-refractivity contribution >= 4 is 39.2 Å². The van der Waals surface area contributed by atoms with Gasteiger partial charge in [-0.2, -0.15) is 13.1 Å². The van der Waals surface area contributed by atoms with E-state index in [-0.39, 0.29) is 24.1 Å². The Morgan fingerprint density at radius 3 is 2.22 bits per heavy atom. The molecule has 1 aliphatic rings. The van der Waals surface area contributed by atoms with Gasteiger partial charge in [0, 0.05) is 24.2 Å². The first-order chi connectivity index (χ1) is 16.9. The van der Waals surface area contributed by atoms with E-state index in [9.17, 15) is 40.4 Å². The van der Waals surface area contributed by atoms with E-state index in [0.717, 1.165) is 9.21 Å².